The van der Waals surface area contributed by atoms with Crippen LogP contribution in [0.1, 0.15) is 48.0 Å². The standard InChI is InChI=1S/C29H31ClF2N6O4/c1-5-6-18(39)12-40-19-7-8-22(30)20(9-19)27-35-26(25-16(3)37-42-17(25)4)15(2)28(36-27)38-10-21-23(11-38)33-14-34-29(21)41-13-24(31)32/h7-9,14,18,24,39H,5-6,10-13H2,1-4H3/t18-/m1/s1. The first-order valence-electron chi connectivity index (χ1n) is 13.6. The van der Waals surface area contributed by atoms with E-state index in [2.05, 4.69) is 15.1 Å². The predicted octanol–water partition coefficient (Wildman–Crippen LogP) is 5.87. The fraction of sp³-hybridized carbons (Fsp3) is 0.414. The molecule has 0 radical (unpaired) electrons. The Balaban J connectivity index is 1.57. The lowest BCUT2D eigenvalue weighted by Gasteiger charge is -2.22. The van der Waals surface area contributed by atoms with Crippen LogP contribution in [0.5, 0.6) is 11.6 Å². The Morgan fingerprint density at radius 3 is 2.62 bits per heavy atom. The van der Waals surface area contributed by atoms with Crippen LogP contribution in [0.2, 0.25) is 5.02 Å². The van der Waals surface area contributed by atoms with Gasteiger partial charge in [0.05, 0.1) is 52.4 Å². The Morgan fingerprint density at radius 2 is 1.90 bits per heavy atom. The van der Waals surface area contributed by atoms with Crippen molar-refractivity contribution in [3.63, 3.8) is 0 Å². The number of alkyl halides is 2. The van der Waals surface area contributed by atoms with E-state index in [1.165, 1.54) is 6.33 Å². The van der Waals surface area contributed by atoms with Crippen LogP contribution in [0, 0.1) is 20.8 Å². The first kappa shape index (κ1) is 29.6. The summed E-state index contributed by atoms with van der Waals surface area (Å²) in [5, 5.41) is 14.7. The molecule has 222 valence electrons. The molecule has 1 aromatic carbocycles. The van der Waals surface area contributed by atoms with Gasteiger partial charge >= 0.3 is 0 Å². The molecule has 1 aliphatic rings. The lowest BCUT2D eigenvalue weighted by molar-refractivity contribution is 0.0790. The van der Waals surface area contributed by atoms with E-state index in [4.69, 9.17) is 35.6 Å². The van der Waals surface area contributed by atoms with Crippen molar-refractivity contribution in [2.75, 3.05) is 18.1 Å². The van der Waals surface area contributed by atoms with Crippen molar-refractivity contribution >= 4 is 17.4 Å². The molecule has 4 aromatic rings. The minimum atomic E-state index is -2.63. The van der Waals surface area contributed by atoms with Crippen LogP contribution in [0.4, 0.5) is 14.6 Å². The molecule has 0 aliphatic carbocycles. The summed E-state index contributed by atoms with van der Waals surface area (Å²) in [5.41, 5.74) is 4.59. The molecule has 0 fully saturated rings. The second-order valence-electron chi connectivity index (χ2n) is 10.1. The maximum absolute atomic E-state index is 12.9. The first-order valence-corrected chi connectivity index (χ1v) is 13.9. The molecule has 0 unspecified atom stereocenters. The molecular weight excluding hydrogens is 570 g/mol. The number of aliphatic hydroxyl groups excluding tert-OH is 1. The molecule has 5 rings (SSSR count). The van der Waals surface area contributed by atoms with Crippen LogP contribution < -0.4 is 14.4 Å². The molecule has 4 heterocycles. The summed E-state index contributed by atoms with van der Waals surface area (Å²) in [6.45, 7) is 7.57. The molecule has 13 heteroatoms. The molecule has 1 N–H and O–H groups in total. The number of aryl methyl sites for hydroxylation is 2. The van der Waals surface area contributed by atoms with Crippen LogP contribution >= 0.6 is 11.6 Å². The van der Waals surface area contributed by atoms with E-state index in [0.717, 1.165) is 17.5 Å². The Morgan fingerprint density at radius 1 is 1.10 bits per heavy atom. The lowest BCUT2D eigenvalue weighted by Crippen LogP contribution is -2.19. The van der Waals surface area contributed by atoms with Gasteiger partial charge in [0, 0.05) is 11.1 Å². The van der Waals surface area contributed by atoms with Gasteiger partial charge in [0.1, 0.15) is 30.3 Å². The van der Waals surface area contributed by atoms with Crippen LogP contribution in [-0.2, 0) is 13.1 Å². The summed E-state index contributed by atoms with van der Waals surface area (Å²) in [5.74, 6) is 2.16. The second-order valence-corrected chi connectivity index (χ2v) is 10.5. The van der Waals surface area contributed by atoms with Gasteiger partial charge in [-0.25, -0.2) is 28.7 Å². The number of benzene rings is 1. The van der Waals surface area contributed by atoms with E-state index < -0.39 is 19.1 Å². The van der Waals surface area contributed by atoms with E-state index in [-0.39, 0.29) is 12.5 Å². The predicted molar refractivity (Wildman–Crippen MR) is 152 cm³/mol. The molecule has 42 heavy (non-hydrogen) atoms. The van der Waals surface area contributed by atoms with Gasteiger partial charge in [-0.3, -0.25) is 0 Å². The van der Waals surface area contributed by atoms with Gasteiger partial charge in [-0.05, 0) is 45.4 Å². The maximum atomic E-state index is 12.9. The van der Waals surface area contributed by atoms with Gasteiger partial charge in [-0.2, -0.15) is 0 Å². The Labute approximate surface area is 246 Å². The Bertz CT molecular complexity index is 1560. The monoisotopic (exact) mass is 600 g/mol. The fourth-order valence-electron chi connectivity index (χ4n) is 4.94. The van der Waals surface area contributed by atoms with Gasteiger partial charge in [-0.15, -0.1) is 0 Å². The van der Waals surface area contributed by atoms with E-state index in [1.807, 2.05) is 32.6 Å². The average molecular weight is 601 g/mol. The van der Waals surface area contributed by atoms with E-state index >= 15 is 0 Å². The molecule has 3 aromatic heterocycles. The Kier molecular flexibility index (Phi) is 8.83. The van der Waals surface area contributed by atoms with Crippen molar-refractivity contribution < 1.29 is 27.9 Å². The van der Waals surface area contributed by atoms with Crippen LogP contribution in [0.3, 0.4) is 0 Å². The number of fused-ring (bicyclic) bond motifs is 1. The van der Waals surface area contributed by atoms with Gasteiger partial charge in [0.2, 0.25) is 5.88 Å². The van der Waals surface area contributed by atoms with E-state index in [1.54, 1.807) is 18.2 Å². The molecule has 0 bridgehead atoms. The molecule has 1 aliphatic heterocycles. The molecule has 0 saturated heterocycles. The molecule has 0 amide bonds. The number of halogens is 3. The number of ether oxygens (including phenoxy) is 2. The smallest absolute Gasteiger partial charge is 0.272 e. The van der Waals surface area contributed by atoms with Crippen LogP contribution in [0.15, 0.2) is 29.0 Å². The van der Waals surface area contributed by atoms with Crippen molar-refractivity contribution in [1.82, 2.24) is 25.1 Å². The highest BCUT2D eigenvalue weighted by Gasteiger charge is 2.30. The van der Waals surface area contributed by atoms with Crippen molar-refractivity contribution in [2.24, 2.45) is 0 Å². The number of rotatable bonds is 11. The average Bonchev–Trinajstić information content (AvgIpc) is 3.54. The van der Waals surface area contributed by atoms with Gasteiger partial charge in [0.25, 0.3) is 6.43 Å². The third-order valence-corrected chi connectivity index (χ3v) is 7.29. The summed E-state index contributed by atoms with van der Waals surface area (Å²) >= 11 is 6.66. The largest absolute Gasteiger partial charge is 0.491 e. The number of hydrogen-bond donors (Lipinski definition) is 1. The molecule has 1 atom stereocenters. The number of aromatic nitrogens is 5. The minimum Gasteiger partial charge on any atom is -0.491 e. The van der Waals surface area contributed by atoms with Crippen molar-refractivity contribution in [1.29, 1.82) is 0 Å². The lowest BCUT2D eigenvalue weighted by atomic mass is 10.0. The zero-order valence-corrected chi connectivity index (χ0v) is 24.5. The highest BCUT2D eigenvalue weighted by Crippen LogP contribution is 2.39. The van der Waals surface area contributed by atoms with Gasteiger partial charge < -0.3 is 24.0 Å². The summed E-state index contributed by atoms with van der Waals surface area (Å²) in [4.78, 5) is 20.3. The SMILES string of the molecule is CCC[C@@H](O)COc1ccc(Cl)c(-c2nc(-c3c(C)noc3C)c(C)c(N3Cc4ncnc(OCC(F)F)c4C3)n2)c1. The highest BCUT2D eigenvalue weighted by molar-refractivity contribution is 6.33. The maximum Gasteiger partial charge on any atom is 0.272 e. The molecule has 0 saturated carbocycles. The normalized spacial score (nSPS) is 13.5. The zero-order chi connectivity index (χ0) is 30.0. The molecule has 0 spiro atoms. The van der Waals surface area contributed by atoms with Gasteiger partial charge in [0.15, 0.2) is 12.4 Å². The minimum absolute atomic E-state index is 0.124. The number of aliphatic hydroxyl groups is 1. The number of nitrogens with zero attached hydrogens (tertiary/aromatic N) is 6. The third-order valence-electron chi connectivity index (χ3n) is 6.96. The summed E-state index contributed by atoms with van der Waals surface area (Å²) in [7, 11) is 0. The first-order chi connectivity index (χ1) is 20.2. The highest BCUT2D eigenvalue weighted by atomic mass is 35.5. The molecular formula is C29H31ClF2N6O4. The van der Waals surface area contributed by atoms with E-state index in [9.17, 15) is 13.9 Å². The number of hydrogen-bond acceptors (Lipinski definition) is 10. The topological polar surface area (TPSA) is 120 Å². The van der Waals surface area contributed by atoms with Crippen molar-refractivity contribution in [3.05, 3.63) is 57.8 Å². The fourth-order valence-corrected chi connectivity index (χ4v) is 5.14. The van der Waals surface area contributed by atoms with E-state index in [0.29, 0.717) is 75.9 Å². The third kappa shape index (κ3) is 6.14. The van der Waals surface area contributed by atoms with Gasteiger partial charge in [-0.1, -0.05) is 30.1 Å². The van der Waals surface area contributed by atoms with Crippen molar-refractivity contribution in [3.8, 4) is 34.3 Å². The summed E-state index contributed by atoms with van der Waals surface area (Å²) < 4.78 is 42.3. The second kappa shape index (κ2) is 12.5. The van der Waals surface area contributed by atoms with Crippen LogP contribution in [0.25, 0.3) is 22.6 Å². The number of anilines is 1. The van der Waals surface area contributed by atoms with Crippen molar-refractivity contribution in [2.45, 2.75) is 66.2 Å². The summed E-state index contributed by atoms with van der Waals surface area (Å²) in [6, 6.07) is 5.17. The Hall–Kier alpha value is -3.90. The summed E-state index contributed by atoms with van der Waals surface area (Å²) in [6.07, 6.45) is -0.441. The quantitative estimate of drug-likeness (QED) is 0.224. The molecule has 10 nitrogen and oxygen atoms in total. The van der Waals surface area contributed by atoms with Crippen LogP contribution in [-0.4, -0.2) is 55.9 Å². The zero-order valence-electron chi connectivity index (χ0n) is 23.7.